The van der Waals surface area contributed by atoms with Gasteiger partial charge in [0.25, 0.3) is 0 Å². The quantitative estimate of drug-likeness (QED) is 0.591. The molecule has 1 aromatic heterocycles. The van der Waals surface area contributed by atoms with Crippen LogP contribution in [0, 0.1) is 0 Å². The number of nitrogen functional groups attached to an aromatic ring is 1. The number of nitrogens with zero attached hydrogens (tertiary/aromatic N) is 2. The number of benzene rings is 2. The molecular formula is C17H17N3O3. The summed E-state index contributed by atoms with van der Waals surface area (Å²) < 4.78 is 11.9. The molecule has 118 valence electrons. The molecule has 0 bridgehead atoms. The van der Waals surface area contributed by atoms with Crippen molar-refractivity contribution in [3.8, 4) is 5.75 Å². The van der Waals surface area contributed by atoms with Gasteiger partial charge in [-0.1, -0.05) is 6.07 Å². The van der Waals surface area contributed by atoms with Gasteiger partial charge < -0.3 is 15.2 Å². The van der Waals surface area contributed by atoms with Crippen LogP contribution in [0.25, 0.3) is 10.9 Å². The molecule has 0 unspecified atom stereocenters. The van der Waals surface area contributed by atoms with E-state index < -0.39 is 5.97 Å². The molecule has 0 spiro atoms. The second-order valence-corrected chi connectivity index (χ2v) is 5.16. The van der Waals surface area contributed by atoms with Crippen LogP contribution in [0.2, 0.25) is 0 Å². The van der Waals surface area contributed by atoms with E-state index in [-0.39, 0.29) is 0 Å². The van der Waals surface area contributed by atoms with Gasteiger partial charge in [-0.2, -0.15) is 5.10 Å². The zero-order valence-electron chi connectivity index (χ0n) is 12.9. The topological polar surface area (TPSA) is 79.4 Å². The van der Waals surface area contributed by atoms with Crippen molar-refractivity contribution in [3.63, 3.8) is 0 Å². The predicted molar refractivity (Wildman–Crippen MR) is 87.6 cm³/mol. The lowest BCUT2D eigenvalue weighted by Crippen LogP contribution is -2.05. The predicted octanol–water partition coefficient (Wildman–Crippen LogP) is 2.46. The lowest BCUT2D eigenvalue weighted by atomic mass is 10.1. The van der Waals surface area contributed by atoms with Crippen molar-refractivity contribution in [2.75, 3.05) is 20.0 Å². The number of esters is 1. The van der Waals surface area contributed by atoms with E-state index in [0.29, 0.717) is 23.5 Å². The van der Waals surface area contributed by atoms with Gasteiger partial charge in [-0.15, -0.1) is 0 Å². The van der Waals surface area contributed by atoms with E-state index in [2.05, 4.69) is 5.10 Å². The summed E-state index contributed by atoms with van der Waals surface area (Å²) in [6.07, 6.45) is 1.95. The minimum atomic E-state index is -0.393. The molecular weight excluding hydrogens is 294 g/mol. The van der Waals surface area contributed by atoms with Crippen molar-refractivity contribution in [1.82, 2.24) is 9.78 Å². The lowest BCUT2D eigenvalue weighted by molar-refractivity contribution is 0.0600. The highest BCUT2D eigenvalue weighted by molar-refractivity contribution is 5.90. The maximum atomic E-state index is 11.6. The number of hydrogen-bond donors (Lipinski definition) is 1. The summed E-state index contributed by atoms with van der Waals surface area (Å²) in [5.41, 5.74) is 8.67. The number of aromatic nitrogens is 2. The summed E-state index contributed by atoms with van der Waals surface area (Å²) in [7, 11) is 2.92. The average molecular weight is 311 g/mol. The van der Waals surface area contributed by atoms with Gasteiger partial charge >= 0.3 is 5.97 Å². The van der Waals surface area contributed by atoms with Gasteiger partial charge in [0.05, 0.1) is 31.8 Å². The molecule has 2 N–H and O–H groups in total. The molecule has 3 aromatic rings. The summed E-state index contributed by atoms with van der Waals surface area (Å²) in [6.45, 7) is 0.527. The zero-order valence-corrected chi connectivity index (χ0v) is 12.9. The Morgan fingerprint density at radius 2 is 2.04 bits per heavy atom. The Balaban J connectivity index is 1.92. The van der Waals surface area contributed by atoms with Gasteiger partial charge in [0.2, 0.25) is 0 Å². The van der Waals surface area contributed by atoms with Crippen LogP contribution in [0.15, 0.2) is 42.6 Å². The summed E-state index contributed by atoms with van der Waals surface area (Å²) in [5.74, 6) is 0.224. The minimum Gasteiger partial charge on any atom is -0.496 e. The standard InChI is InChI=1S/C17H17N3O3/c1-22-16-7-11(17(21)23-2)3-4-13(16)10-20-9-12-5-6-14(18)8-15(12)19-20/h3-9H,10,18H2,1-2H3. The lowest BCUT2D eigenvalue weighted by Gasteiger charge is -2.10. The fraction of sp³-hybridized carbons (Fsp3) is 0.176. The van der Waals surface area contributed by atoms with Gasteiger partial charge in [-0.3, -0.25) is 4.68 Å². The highest BCUT2D eigenvalue weighted by atomic mass is 16.5. The molecule has 0 atom stereocenters. The molecule has 6 nitrogen and oxygen atoms in total. The first kappa shape index (κ1) is 14.9. The molecule has 0 fully saturated rings. The van der Waals surface area contributed by atoms with Gasteiger partial charge in [0.1, 0.15) is 5.75 Å². The van der Waals surface area contributed by atoms with Crippen molar-refractivity contribution in [2.24, 2.45) is 0 Å². The Hall–Kier alpha value is -3.02. The van der Waals surface area contributed by atoms with Crippen LogP contribution in [0.4, 0.5) is 5.69 Å². The number of methoxy groups -OCH3 is 2. The Morgan fingerprint density at radius 1 is 1.22 bits per heavy atom. The van der Waals surface area contributed by atoms with E-state index >= 15 is 0 Å². The number of anilines is 1. The smallest absolute Gasteiger partial charge is 0.337 e. The Labute approximate surface area is 133 Å². The second kappa shape index (κ2) is 6.00. The van der Waals surface area contributed by atoms with Crippen molar-refractivity contribution in [1.29, 1.82) is 0 Å². The second-order valence-electron chi connectivity index (χ2n) is 5.16. The molecule has 0 saturated carbocycles. The normalized spacial score (nSPS) is 10.7. The maximum absolute atomic E-state index is 11.6. The largest absolute Gasteiger partial charge is 0.496 e. The summed E-state index contributed by atoms with van der Waals surface area (Å²) in [6, 6.07) is 10.8. The van der Waals surface area contributed by atoms with Crippen LogP contribution in [0.3, 0.4) is 0 Å². The number of ether oxygens (including phenoxy) is 2. The third-order valence-electron chi connectivity index (χ3n) is 3.62. The van der Waals surface area contributed by atoms with E-state index in [1.165, 1.54) is 7.11 Å². The number of nitrogens with two attached hydrogens (primary N) is 1. The van der Waals surface area contributed by atoms with E-state index in [1.807, 2.05) is 35.1 Å². The van der Waals surface area contributed by atoms with Gasteiger partial charge in [0.15, 0.2) is 0 Å². The number of carbonyl (C=O) groups excluding carboxylic acids is 1. The summed E-state index contributed by atoms with van der Waals surface area (Å²) in [5, 5.41) is 5.53. The molecule has 3 rings (SSSR count). The number of hydrogen-bond acceptors (Lipinski definition) is 5. The van der Waals surface area contributed by atoms with Crippen molar-refractivity contribution >= 4 is 22.6 Å². The van der Waals surface area contributed by atoms with Crippen molar-refractivity contribution < 1.29 is 14.3 Å². The van der Waals surface area contributed by atoms with E-state index in [4.69, 9.17) is 15.2 Å². The van der Waals surface area contributed by atoms with E-state index in [9.17, 15) is 4.79 Å². The molecule has 0 aliphatic carbocycles. The third kappa shape index (κ3) is 2.96. The molecule has 0 aliphatic rings. The number of rotatable bonds is 4. The first-order chi connectivity index (χ1) is 11.1. The molecule has 0 amide bonds. The monoisotopic (exact) mass is 311 g/mol. The van der Waals surface area contributed by atoms with E-state index in [1.54, 1.807) is 19.2 Å². The fourth-order valence-corrected chi connectivity index (χ4v) is 2.46. The molecule has 2 aromatic carbocycles. The fourth-order valence-electron chi connectivity index (χ4n) is 2.46. The molecule has 0 radical (unpaired) electrons. The third-order valence-corrected chi connectivity index (χ3v) is 3.62. The first-order valence-corrected chi connectivity index (χ1v) is 7.08. The van der Waals surface area contributed by atoms with Crippen LogP contribution < -0.4 is 10.5 Å². The minimum absolute atomic E-state index is 0.393. The van der Waals surface area contributed by atoms with Crippen molar-refractivity contribution in [2.45, 2.75) is 6.54 Å². The van der Waals surface area contributed by atoms with Crippen molar-refractivity contribution in [3.05, 3.63) is 53.7 Å². The molecule has 1 heterocycles. The maximum Gasteiger partial charge on any atom is 0.337 e. The average Bonchev–Trinajstić information content (AvgIpc) is 2.95. The Morgan fingerprint density at radius 3 is 2.78 bits per heavy atom. The van der Waals surface area contributed by atoms with Gasteiger partial charge in [-0.05, 0) is 30.3 Å². The molecule has 0 saturated heterocycles. The van der Waals surface area contributed by atoms with Crippen LogP contribution in [0.1, 0.15) is 15.9 Å². The summed E-state index contributed by atoms with van der Waals surface area (Å²) >= 11 is 0. The zero-order chi connectivity index (χ0) is 16.4. The first-order valence-electron chi connectivity index (χ1n) is 7.08. The molecule has 0 aliphatic heterocycles. The summed E-state index contributed by atoms with van der Waals surface area (Å²) in [4.78, 5) is 11.6. The number of carbonyl (C=O) groups is 1. The van der Waals surface area contributed by atoms with Crippen LogP contribution in [-0.2, 0) is 11.3 Å². The highest BCUT2D eigenvalue weighted by Gasteiger charge is 2.11. The van der Waals surface area contributed by atoms with E-state index in [0.717, 1.165) is 16.5 Å². The Bertz CT molecular complexity index is 871. The number of fused-ring (bicyclic) bond motifs is 1. The SMILES string of the molecule is COC(=O)c1ccc(Cn2cc3ccc(N)cc3n2)c(OC)c1. The van der Waals surface area contributed by atoms with Crippen LogP contribution in [-0.4, -0.2) is 30.0 Å². The molecule has 23 heavy (non-hydrogen) atoms. The van der Waals surface area contributed by atoms with Gasteiger partial charge in [-0.25, -0.2) is 4.79 Å². The molecule has 6 heteroatoms. The Kier molecular flexibility index (Phi) is 3.89. The highest BCUT2D eigenvalue weighted by Crippen LogP contribution is 2.23. The van der Waals surface area contributed by atoms with Crippen LogP contribution in [0.5, 0.6) is 5.75 Å². The van der Waals surface area contributed by atoms with Crippen LogP contribution >= 0.6 is 0 Å². The van der Waals surface area contributed by atoms with Gasteiger partial charge in [0, 0.05) is 22.8 Å².